The highest BCUT2D eigenvalue weighted by Crippen LogP contribution is 2.08. The molecule has 0 fully saturated rings. The van der Waals surface area contributed by atoms with Crippen molar-refractivity contribution in [2.45, 2.75) is 26.9 Å². The van der Waals surface area contributed by atoms with Gasteiger partial charge in [-0.15, -0.1) is 0 Å². The number of allylic oxidation sites excluding steroid dienone is 2. The van der Waals surface area contributed by atoms with Crippen LogP contribution in [0.2, 0.25) is 0 Å². The monoisotopic (exact) mass is 184 g/mol. The molecule has 0 saturated heterocycles. The molecule has 0 aromatic rings. The highest BCUT2D eigenvalue weighted by Gasteiger charge is 2.04. The number of carboxylic acids is 1. The summed E-state index contributed by atoms with van der Waals surface area (Å²) in [5.74, 6) is -0.920. The Labute approximate surface area is 78.4 Å². The number of aliphatic hydroxyl groups excluding tert-OH is 1. The Morgan fingerprint density at radius 2 is 1.85 bits per heavy atom. The molecular weight excluding hydrogens is 168 g/mol. The zero-order chi connectivity index (χ0) is 10.4. The third kappa shape index (κ3) is 6.11. The van der Waals surface area contributed by atoms with Crippen LogP contribution in [0, 0.1) is 5.92 Å². The van der Waals surface area contributed by atoms with Crippen LogP contribution in [0.15, 0.2) is 23.8 Å². The summed E-state index contributed by atoms with van der Waals surface area (Å²) in [6, 6.07) is 0. The van der Waals surface area contributed by atoms with Gasteiger partial charge in [0.25, 0.3) is 0 Å². The second-order valence-electron chi connectivity index (χ2n) is 3.18. The SMILES string of the molecule is CC(C=CC(=O)O)=CC(C)C(C)O. The molecule has 2 atom stereocenters. The number of rotatable bonds is 4. The van der Waals surface area contributed by atoms with Crippen molar-refractivity contribution in [2.24, 2.45) is 5.92 Å². The summed E-state index contributed by atoms with van der Waals surface area (Å²) in [5.41, 5.74) is 0.843. The smallest absolute Gasteiger partial charge is 0.328 e. The molecule has 13 heavy (non-hydrogen) atoms. The fourth-order valence-electron chi connectivity index (χ4n) is 0.812. The third-order valence-electron chi connectivity index (χ3n) is 1.78. The maximum atomic E-state index is 10.2. The van der Waals surface area contributed by atoms with Crippen molar-refractivity contribution < 1.29 is 15.0 Å². The Morgan fingerprint density at radius 3 is 2.23 bits per heavy atom. The molecule has 0 aromatic heterocycles. The largest absolute Gasteiger partial charge is 0.478 e. The lowest BCUT2D eigenvalue weighted by molar-refractivity contribution is -0.131. The van der Waals surface area contributed by atoms with Gasteiger partial charge in [-0.05, 0) is 13.8 Å². The number of carboxylic acid groups (broad SMARTS) is 1. The van der Waals surface area contributed by atoms with Gasteiger partial charge in [-0.1, -0.05) is 24.6 Å². The minimum atomic E-state index is -0.961. The van der Waals surface area contributed by atoms with Crippen molar-refractivity contribution in [1.82, 2.24) is 0 Å². The van der Waals surface area contributed by atoms with Crippen LogP contribution in [0.25, 0.3) is 0 Å². The Balaban J connectivity index is 4.24. The molecule has 0 saturated carbocycles. The first-order chi connectivity index (χ1) is 5.93. The molecule has 0 aliphatic carbocycles. The predicted molar refractivity (Wildman–Crippen MR) is 51.4 cm³/mol. The van der Waals surface area contributed by atoms with Gasteiger partial charge in [0.05, 0.1) is 6.10 Å². The first kappa shape index (κ1) is 11.9. The molecule has 0 heterocycles. The van der Waals surface area contributed by atoms with E-state index >= 15 is 0 Å². The third-order valence-corrected chi connectivity index (χ3v) is 1.78. The Hall–Kier alpha value is -1.09. The van der Waals surface area contributed by atoms with Gasteiger partial charge in [0.1, 0.15) is 0 Å². The molecule has 0 aromatic carbocycles. The fraction of sp³-hybridized carbons (Fsp3) is 0.500. The summed E-state index contributed by atoms with van der Waals surface area (Å²) in [6.07, 6.45) is 4.03. The second-order valence-corrected chi connectivity index (χ2v) is 3.18. The molecule has 0 amide bonds. The summed E-state index contributed by atoms with van der Waals surface area (Å²) < 4.78 is 0. The summed E-state index contributed by atoms with van der Waals surface area (Å²) in [4.78, 5) is 10.2. The van der Waals surface area contributed by atoms with E-state index in [0.29, 0.717) is 0 Å². The number of aliphatic carboxylic acids is 1. The van der Waals surface area contributed by atoms with Gasteiger partial charge in [0.2, 0.25) is 0 Å². The molecular formula is C10H16O3. The highest BCUT2D eigenvalue weighted by atomic mass is 16.4. The Morgan fingerprint density at radius 1 is 1.31 bits per heavy atom. The van der Waals surface area contributed by atoms with E-state index in [2.05, 4.69) is 0 Å². The van der Waals surface area contributed by atoms with Crippen molar-refractivity contribution in [3.63, 3.8) is 0 Å². The molecule has 0 bridgehead atoms. The van der Waals surface area contributed by atoms with E-state index < -0.39 is 12.1 Å². The van der Waals surface area contributed by atoms with Crippen molar-refractivity contribution >= 4 is 5.97 Å². The first-order valence-corrected chi connectivity index (χ1v) is 4.21. The maximum Gasteiger partial charge on any atom is 0.328 e. The van der Waals surface area contributed by atoms with Crippen LogP contribution in [-0.4, -0.2) is 22.3 Å². The van der Waals surface area contributed by atoms with Crippen LogP contribution < -0.4 is 0 Å². The van der Waals surface area contributed by atoms with Crippen molar-refractivity contribution in [3.05, 3.63) is 23.8 Å². The van der Waals surface area contributed by atoms with Crippen LogP contribution in [0.1, 0.15) is 20.8 Å². The summed E-state index contributed by atoms with van der Waals surface area (Å²) in [6.45, 7) is 5.39. The molecule has 0 spiro atoms. The normalized spacial score (nSPS) is 17.4. The minimum Gasteiger partial charge on any atom is -0.478 e. The van der Waals surface area contributed by atoms with Gasteiger partial charge in [-0.2, -0.15) is 0 Å². The van der Waals surface area contributed by atoms with Crippen molar-refractivity contribution in [3.8, 4) is 0 Å². The van der Waals surface area contributed by atoms with Crippen LogP contribution in [0.3, 0.4) is 0 Å². The number of aliphatic hydroxyl groups is 1. The molecule has 74 valence electrons. The van der Waals surface area contributed by atoms with E-state index in [1.165, 1.54) is 6.08 Å². The van der Waals surface area contributed by atoms with Crippen LogP contribution in [0.4, 0.5) is 0 Å². The van der Waals surface area contributed by atoms with E-state index in [0.717, 1.165) is 11.6 Å². The molecule has 0 rings (SSSR count). The number of carbonyl (C=O) groups is 1. The van der Waals surface area contributed by atoms with Gasteiger partial charge in [0.15, 0.2) is 0 Å². The zero-order valence-corrected chi connectivity index (χ0v) is 8.19. The molecule has 0 aliphatic rings. The lowest BCUT2D eigenvalue weighted by atomic mass is 10.0. The van der Waals surface area contributed by atoms with Gasteiger partial charge in [-0.3, -0.25) is 0 Å². The van der Waals surface area contributed by atoms with E-state index in [4.69, 9.17) is 10.2 Å². The molecule has 2 unspecified atom stereocenters. The maximum absolute atomic E-state index is 10.2. The van der Waals surface area contributed by atoms with Crippen molar-refractivity contribution in [2.75, 3.05) is 0 Å². The second kappa shape index (κ2) is 5.54. The quantitative estimate of drug-likeness (QED) is 0.515. The van der Waals surface area contributed by atoms with Gasteiger partial charge in [0, 0.05) is 12.0 Å². The average molecular weight is 184 g/mol. The molecule has 3 heteroatoms. The van der Waals surface area contributed by atoms with E-state index in [-0.39, 0.29) is 5.92 Å². The van der Waals surface area contributed by atoms with Crippen molar-refractivity contribution in [1.29, 1.82) is 0 Å². The fourth-order valence-corrected chi connectivity index (χ4v) is 0.812. The predicted octanol–water partition coefficient (Wildman–Crippen LogP) is 1.59. The van der Waals surface area contributed by atoms with Crippen LogP contribution in [-0.2, 0) is 4.79 Å². The first-order valence-electron chi connectivity index (χ1n) is 4.21. The van der Waals surface area contributed by atoms with E-state index in [1.54, 1.807) is 13.8 Å². The topological polar surface area (TPSA) is 57.5 Å². The van der Waals surface area contributed by atoms with Crippen LogP contribution >= 0.6 is 0 Å². The lowest BCUT2D eigenvalue weighted by Gasteiger charge is -2.09. The van der Waals surface area contributed by atoms with E-state index in [1.807, 2.05) is 13.0 Å². The summed E-state index contributed by atoms with van der Waals surface area (Å²) >= 11 is 0. The lowest BCUT2D eigenvalue weighted by Crippen LogP contribution is -2.10. The zero-order valence-electron chi connectivity index (χ0n) is 8.19. The van der Waals surface area contributed by atoms with Gasteiger partial charge >= 0.3 is 5.97 Å². The molecule has 0 radical (unpaired) electrons. The molecule has 0 aliphatic heterocycles. The average Bonchev–Trinajstić information content (AvgIpc) is 2.00. The minimum absolute atomic E-state index is 0.0402. The Kier molecular flexibility index (Phi) is 5.07. The summed E-state index contributed by atoms with van der Waals surface area (Å²) in [5, 5.41) is 17.5. The molecule has 3 nitrogen and oxygen atoms in total. The number of hydrogen-bond donors (Lipinski definition) is 2. The van der Waals surface area contributed by atoms with Gasteiger partial charge in [-0.25, -0.2) is 4.79 Å². The summed E-state index contributed by atoms with van der Waals surface area (Å²) in [7, 11) is 0. The highest BCUT2D eigenvalue weighted by molar-refractivity contribution is 5.80. The van der Waals surface area contributed by atoms with E-state index in [9.17, 15) is 4.79 Å². The van der Waals surface area contributed by atoms with Gasteiger partial charge < -0.3 is 10.2 Å². The Bertz CT molecular complexity index is 226. The molecule has 2 N–H and O–H groups in total. The number of hydrogen-bond acceptors (Lipinski definition) is 2. The standard InChI is InChI=1S/C10H16O3/c1-7(4-5-10(12)13)6-8(2)9(3)11/h4-6,8-9,11H,1-3H3,(H,12,13). The van der Waals surface area contributed by atoms with Crippen LogP contribution in [0.5, 0.6) is 0 Å².